The van der Waals surface area contributed by atoms with Gasteiger partial charge in [-0.1, -0.05) is 12.1 Å². The highest BCUT2D eigenvalue weighted by molar-refractivity contribution is 5.71. The Hall–Kier alpha value is -2.37. The van der Waals surface area contributed by atoms with Crippen molar-refractivity contribution in [2.75, 3.05) is 21.3 Å². The fraction of sp³-hybridized carbons (Fsp3) is 0.250. The molecule has 0 aromatic heterocycles. The molecule has 0 saturated carbocycles. The maximum atomic E-state index is 12.6. The molecule has 0 amide bonds. The third kappa shape index (κ3) is 3.10. The van der Waals surface area contributed by atoms with Crippen molar-refractivity contribution >= 4 is 0 Å². The molecule has 0 bridgehead atoms. The number of ether oxygens (including phenoxy) is 3. The summed E-state index contributed by atoms with van der Waals surface area (Å²) in [7, 11) is 4.44. The van der Waals surface area contributed by atoms with Gasteiger partial charge in [-0.3, -0.25) is 0 Å². The maximum Gasteiger partial charge on any atom is 0.416 e. The highest BCUT2D eigenvalue weighted by Crippen LogP contribution is 2.41. The van der Waals surface area contributed by atoms with E-state index >= 15 is 0 Å². The second kappa shape index (κ2) is 6.17. The molecule has 118 valence electrons. The Bertz CT molecular complexity index is 624. The van der Waals surface area contributed by atoms with Crippen molar-refractivity contribution in [1.29, 1.82) is 0 Å². The summed E-state index contributed by atoms with van der Waals surface area (Å²) in [5.41, 5.74) is 0.596. The summed E-state index contributed by atoms with van der Waals surface area (Å²) in [5.74, 6) is 1.31. The van der Waals surface area contributed by atoms with Gasteiger partial charge >= 0.3 is 6.18 Å². The molecule has 6 heteroatoms. The minimum atomic E-state index is -4.35. The van der Waals surface area contributed by atoms with Gasteiger partial charge in [0.25, 0.3) is 0 Å². The predicted molar refractivity (Wildman–Crippen MR) is 76.5 cm³/mol. The molecule has 0 aliphatic heterocycles. The molecule has 0 saturated heterocycles. The Morgan fingerprint density at radius 1 is 0.727 bits per heavy atom. The van der Waals surface area contributed by atoms with Crippen LogP contribution in [-0.2, 0) is 6.18 Å². The van der Waals surface area contributed by atoms with Crippen LogP contribution in [0.1, 0.15) is 5.56 Å². The molecule has 0 aliphatic carbocycles. The average Bonchev–Trinajstić information content (AvgIpc) is 2.52. The third-order valence-corrected chi connectivity index (χ3v) is 3.21. The second-order valence-electron chi connectivity index (χ2n) is 4.49. The lowest BCUT2D eigenvalue weighted by Crippen LogP contribution is -2.04. The van der Waals surface area contributed by atoms with Crippen LogP contribution < -0.4 is 14.2 Å². The number of hydrogen-bond acceptors (Lipinski definition) is 3. The lowest BCUT2D eigenvalue weighted by molar-refractivity contribution is -0.137. The lowest BCUT2D eigenvalue weighted by atomic mass is 10.0. The van der Waals surface area contributed by atoms with Gasteiger partial charge in [0.05, 0.1) is 26.9 Å². The van der Waals surface area contributed by atoms with E-state index in [2.05, 4.69) is 0 Å². The van der Waals surface area contributed by atoms with Crippen LogP contribution in [0.4, 0.5) is 13.2 Å². The molecule has 0 fully saturated rings. The molecule has 3 nitrogen and oxygen atoms in total. The van der Waals surface area contributed by atoms with E-state index in [0.717, 1.165) is 12.1 Å². The fourth-order valence-corrected chi connectivity index (χ4v) is 2.10. The molecule has 0 unspecified atom stereocenters. The highest BCUT2D eigenvalue weighted by Gasteiger charge is 2.30. The van der Waals surface area contributed by atoms with E-state index in [1.54, 1.807) is 12.1 Å². The number of methoxy groups -OCH3 is 3. The van der Waals surface area contributed by atoms with Gasteiger partial charge in [0.1, 0.15) is 0 Å². The molecule has 0 heterocycles. The monoisotopic (exact) mass is 312 g/mol. The number of hydrogen-bond donors (Lipinski definition) is 0. The SMILES string of the molecule is COc1cc(-c2ccc(C(F)(F)F)cc2)cc(OC)c1OC. The first-order valence-corrected chi connectivity index (χ1v) is 6.38. The van der Waals surface area contributed by atoms with Crippen LogP contribution in [0.3, 0.4) is 0 Å². The zero-order chi connectivity index (χ0) is 16.3. The average molecular weight is 312 g/mol. The van der Waals surface area contributed by atoms with Gasteiger partial charge in [-0.2, -0.15) is 13.2 Å². The summed E-state index contributed by atoms with van der Waals surface area (Å²) in [6.45, 7) is 0. The second-order valence-corrected chi connectivity index (χ2v) is 4.49. The van der Waals surface area contributed by atoms with Gasteiger partial charge in [0.2, 0.25) is 5.75 Å². The topological polar surface area (TPSA) is 27.7 Å². The van der Waals surface area contributed by atoms with E-state index in [9.17, 15) is 13.2 Å². The zero-order valence-electron chi connectivity index (χ0n) is 12.3. The van der Waals surface area contributed by atoms with Crippen molar-refractivity contribution in [3.63, 3.8) is 0 Å². The summed E-state index contributed by atoms with van der Waals surface area (Å²) in [6.07, 6.45) is -4.35. The van der Waals surface area contributed by atoms with E-state index in [1.165, 1.54) is 33.5 Å². The van der Waals surface area contributed by atoms with Crippen molar-refractivity contribution in [3.05, 3.63) is 42.0 Å². The quantitative estimate of drug-likeness (QED) is 0.837. The van der Waals surface area contributed by atoms with E-state index < -0.39 is 11.7 Å². The van der Waals surface area contributed by atoms with Crippen molar-refractivity contribution in [1.82, 2.24) is 0 Å². The molecule has 22 heavy (non-hydrogen) atoms. The van der Waals surface area contributed by atoms with Crippen molar-refractivity contribution in [2.24, 2.45) is 0 Å². The van der Waals surface area contributed by atoms with Crippen LogP contribution in [0.15, 0.2) is 36.4 Å². The van der Waals surface area contributed by atoms with Crippen LogP contribution in [0, 0.1) is 0 Å². The van der Waals surface area contributed by atoms with Gasteiger partial charge in [-0.15, -0.1) is 0 Å². The van der Waals surface area contributed by atoms with Crippen LogP contribution in [-0.4, -0.2) is 21.3 Å². The van der Waals surface area contributed by atoms with E-state index in [4.69, 9.17) is 14.2 Å². The third-order valence-electron chi connectivity index (χ3n) is 3.21. The van der Waals surface area contributed by atoms with Crippen molar-refractivity contribution < 1.29 is 27.4 Å². The van der Waals surface area contributed by atoms with Gasteiger partial charge in [-0.05, 0) is 35.4 Å². The normalized spacial score (nSPS) is 11.2. The Morgan fingerprint density at radius 2 is 1.23 bits per heavy atom. The van der Waals surface area contributed by atoms with Gasteiger partial charge in [0.15, 0.2) is 11.5 Å². The Balaban J connectivity index is 2.48. The maximum absolute atomic E-state index is 12.6. The summed E-state index contributed by atoms with van der Waals surface area (Å²) in [5, 5.41) is 0. The molecular formula is C16H15F3O3. The molecule has 0 radical (unpaired) electrons. The smallest absolute Gasteiger partial charge is 0.416 e. The van der Waals surface area contributed by atoms with Crippen LogP contribution in [0.25, 0.3) is 11.1 Å². The molecule has 2 aromatic carbocycles. The van der Waals surface area contributed by atoms with Crippen LogP contribution in [0.2, 0.25) is 0 Å². The summed E-state index contributed by atoms with van der Waals surface area (Å²) >= 11 is 0. The summed E-state index contributed by atoms with van der Waals surface area (Å²) in [6, 6.07) is 8.26. The van der Waals surface area contributed by atoms with Crippen LogP contribution >= 0.6 is 0 Å². The molecule has 0 spiro atoms. The van der Waals surface area contributed by atoms with Gasteiger partial charge in [-0.25, -0.2) is 0 Å². The zero-order valence-corrected chi connectivity index (χ0v) is 12.3. The predicted octanol–water partition coefficient (Wildman–Crippen LogP) is 4.40. The first kappa shape index (κ1) is 16.0. The fourth-order valence-electron chi connectivity index (χ4n) is 2.10. The van der Waals surface area contributed by atoms with Crippen LogP contribution in [0.5, 0.6) is 17.2 Å². The molecule has 0 aliphatic rings. The minimum absolute atomic E-state index is 0.431. The first-order valence-electron chi connectivity index (χ1n) is 6.38. The van der Waals surface area contributed by atoms with E-state index in [1.807, 2.05) is 0 Å². The standard InChI is InChI=1S/C16H15F3O3/c1-20-13-8-11(9-14(21-2)15(13)22-3)10-4-6-12(7-5-10)16(17,18)19/h4-9H,1-3H3. The number of alkyl halides is 3. The summed E-state index contributed by atoms with van der Waals surface area (Å²) in [4.78, 5) is 0. The molecule has 2 aromatic rings. The highest BCUT2D eigenvalue weighted by atomic mass is 19.4. The van der Waals surface area contributed by atoms with Crippen molar-refractivity contribution in [3.8, 4) is 28.4 Å². The molecule has 0 atom stereocenters. The number of rotatable bonds is 4. The van der Waals surface area contributed by atoms with Gasteiger partial charge in [0, 0.05) is 0 Å². The lowest BCUT2D eigenvalue weighted by Gasteiger charge is -2.14. The number of benzene rings is 2. The summed E-state index contributed by atoms with van der Waals surface area (Å²) < 4.78 is 53.5. The molecule has 0 N–H and O–H groups in total. The minimum Gasteiger partial charge on any atom is -0.493 e. The molecular weight excluding hydrogens is 297 g/mol. The van der Waals surface area contributed by atoms with E-state index in [0.29, 0.717) is 28.4 Å². The van der Waals surface area contributed by atoms with E-state index in [-0.39, 0.29) is 0 Å². The largest absolute Gasteiger partial charge is 0.493 e. The van der Waals surface area contributed by atoms with Crippen molar-refractivity contribution in [2.45, 2.75) is 6.18 Å². The van der Waals surface area contributed by atoms with Gasteiger partial charge < -0.3 is 14.2 Å². The number of halogens is 3. The Kier molecular flexibility index (Phi) is 4.49. The Labute approximate surface area is 126 Å². The Morgan fingerprint density at radius 3 is 1.59 bits per heavy atom. The first-order chi connectivity index (χ1) is 10.4. The molecule has 2 rings (SSSR count).